The van der Waals surface area contributed by atoms with Crippen molar-refractivity contribution >= 4 is 15.9 Å². The number of hydrogen-bond acceptors (Lipinski definition) is 3. The van der Waals surface area contributed by atoms with Crippen LogP contribution in [0, 0.1) is 0 Å². The average molecular weight is 322 g/mol. The molecular formula is C15H16BrNO2. The minimum absolute atomic E-state index is 0.0365. The summed E-state index contributed by atoms with van der Waals surface area (Å²) in [5.41, 5.74) is 8.55. The fourth-order valence-corrected chi connectivity index (χ4v) is 2.71. The van der Waals surface area contributed by atoms with Gasteiger partial charge < -0.3 is 14.9 Å². The number of furan rings is 1. The highest BCUT2D eigenvalue weighted by molar-refractivity contribution is 9.10. The van der Waals surface area contributed by atoms with E-state index in [1.165, 1.54) is 5.56 Å². The lowest BCUT2D eigenvalue weighted by molar-refractivity contribution is 0.291. The smallest absolute Gasteiger partial charge is 0.169 e. The molecule has 0 saturated heterocycles. The van der Waals surface area contributed by atoms with Crippen molar-refractivity contribution in [2.24, 2.45) is 5.73 Å². The summed E-state index contributed by atoms with van der Waals surface area (Å²) in [7, 11) is 0. The summed E-state index contributed by atoms with van der Waals surface area (Å²) in [4.78, 5) is 0. The van der Waals surface area contributed by atoms with Crippen molar-refractivity contribution in [1.82, 2.24) is 0 Å². The minimum Gasteiger partial charge on any atom is -0.492 e. The molecule has 0 spiro atoms. The lowest BCUT2D eigenvalue weighted by Gasteiger charge is -2.17. The summed E-state index contributed by atoms with van der Waals surface area (Å²) in [5.74, 6) is 1.71. The van der Waals surface area contributed by atoms with Crippen molar-refractivity contribution in [1.29, 1.82) is 0 Å². The van der Waals surface area contributed by atoms with Gasteiger partial charge in [0, 0.05) is 11.0 Å². The first kappa shape index (κ1) is 12.8. The van der Waals surface area contributed by atoms with Crippen LogP contribution in [0.4, 0.5) is 0 Å². The van der Waals surface area contributed by atoms with Crippen LogP contribution in [-0.2, 0) is 5.41 Å². The summed E-state index contributed by atoms with van der Waals surface area (Å²) >= 11 is 3.30. The molecule has 1 aliphatic heterocycles. The van der Waals surface area contributed by atoms with E-state index < -0.39 is 0 Å². The van der Waals surface area contributed by atoms with Gasteiger partial charge in [-0.1, -0.05) is 19.9 Å². The molecule has 0 amide bonds. The average Bonchev–Trinajstić information content (AvgIpc) is 2.93. The SMILES string of the molecule is CC1(C)COc2ccc(C(N)c3ccc(Br)o3)cc21. The molecule has 0 bridgehead atoms. The molecular weight excluding hydrogens is 306 g/mol. The minimum atomic E-state index is -0.256. The van der Waals surface area contributed by atoms with Crippen molar-refractivity contribution < 1.29 is 9.15 Å². The van der Waals surface area contributed by atoms with E-state index in [0.29, 0.717) is 11.3 Å². The molecule has 19 heavy (non-hydrogen) atoms. The Bertz CT molecular complexity index is 618. The van der Waals surface area contributed by atoms with Crippen molar-refractivity contribution in [3.63, 3.8) is 0 Å². The molecule has 1 unspecified atom stereocenters. The maximum absolute atomic E-state index is 6.26. The molecule has 0 radical (unpaired) electrons. The molecule has 2 N–H and O–H groups in total. The third-order valence-corrected chi connectivity index (χ3v) is 4.01. The van der Waals surface area contributed by atoms with Crippen molar-refractivity contribution in [2.75, 3.05) is 6.61 Å². The van der Waals surface area contributed by atoms with Gasteiger partial charge in [-0.3, -0.25) is 0 Å². The topological polar surface area (TPSA) is 48.4 Å². The quantitative estimate of drug-likeness (QED) is 0.916. The zero-order chi connectivity index (χ0) is 13.6. The molecule has 0 fully saturated rings. The van der Waals surface area contributed by atoms with E-state index in [2.05, 4.69) is 35.8 Å². The monoisotopic (exact) mass is 321 g/mol. The maximum Gasteiger partial charge on any atom is 0.169 e. The van der Waals surface area contributed by atoms with Crippen LogP contribution in [0.5, 0.6) is 5.75 Å². The molecule has 0 aliphatic carbocycles. The van der Waals surface area contributed by atoms with Gasteiger partial charge in [-0.25, -0.2) is 0 Å². The Morgan fingerprint density at radius 1 is 1.26 bits per heavy atom. The number of ether oxygens (including phenoxy) is 1. The molecule has 4 heteroatoms. The van der Waals surface area contributed by atoms with Gasteiger partial charge in [-0.2, -0.15) is 0 Å². The zero-order valence-electron chi connectivity index (χ0n) is 10.9. The van der Waals surface area contributed by atoms with E-state index in [1.807, 2.05) is 24.3 Å². The number of benzene rings is 1. The van der Waals surface area contributed by atoms with Gasteiger partial charge in [-0.15, -0.1) is 0 Å². The number of nitrogens with two attached hydrogens (primary N) is 1. The molecule has 2 heterocycles. The summed E-state index contributed by atoms with van der Waals surface area (Å²) in [6, 6.07) is 9.62. The Balaban J connectivity index is 1.99. The Morgan fingerprint density at radius 3 is 2.74 bits per heavy atom. The van der Waals surface area contributed by atoms with E-state index >= 15 is 0 Å². The Kier molecular flexibility index (Phi) is 2.95. The first-order valence-electron chi connectivity index (χ1n) is 6.25. The van der Waals surface area contributed by atoms with Crippen LogP contribution < -0.4 is 10.5 Å². The Morgan fingerprint density at radius 2 is 2.05 bits per heavy atom. The molecule has 3 nitrogen and oxygen atoms in total. The molecule has 1 aromatic carbocycles. The van der Waals surface area contributed by atoms with Gasteiger partial charge in [-0.05, 0) is 45.8 Å². The normalized spacial score (nSPS) is 17.9. The number of fused-ring (bicyclic) bond motifs is 1. The van der Waals surface area contributed by atoms with Gasteiger partial charge in [0.2, 0.25) is 0 Å². The van der Waals surface area contributed by atoms with Crippen LogP contribution in [0.1, 0.15) is 36.8 Å². The van der Waals surface area contributed by atoms with Crippen LogP contribution in [0.3, 0.4) is 0 Å². The van der Waals surface area contributed by atoms with Gasteiger partial charge in [0.1, 0.15) is 11.5 Å². The largest absolute Gasteiger partial charge is 0.492 e. The molecule has 3 rings (SSSR count). The van der Waals surface area contributed by atoms with Crippen LogP contribution in [0.25, 0.3) is 0 Å². The second-order valence-corrected chi connectivity index (χ2v) is 6.33. The van der Waals surface area contributed by atoms with E-state index in [4.69, 9.17) is 14.9 Å². The summed E-state index contributed by atoms with van der Waals surface area (Å²) in [6.07, 6.45) is 0. The van der Waals surface area contributed by atoms with Crippen molar-refractivity contribution in [3.05, 3.63) is 51.9 Å². The molecule has 1 aliphatic rings. The van der Waals surface area contributed by atoms with Gasteiger partial charge in [0.15, 0.2) is 4.67 Å². The standard InChI is InChI=1S/C15H16BrNO2/c1-15(2)8-18-11-4-3-9(7-10(11)15)14(17)12-5-6-13(16)19-12/h3-7,14H,8,17H2,1-2H3. The third-order valence-electron chi connectivity index (χ3n) is 3.58. The summed E-state index contributed by atoms with van der Waals surface area (Å²) < 4.78 is 11.9. The predicted octanol–water partition coefficient (Wildman–Crippen LogP) is 3.76. The molecule has 1 atom stereocenters. The number of halogens is 1. The first-order chi connectivity index (χ1) is 8.97. The van der Waals surface area contributed by atoms with Crippen LogP contribution in [0.2, 0.25) is 0 Å². The van der Waals surface area contributed by atoms with Crippen LogP contribution in [-0.4, -0.2) is 6.61 Å². The lowest BCUT2D eigenvalue weighted by Crippen LogP contribution is -2.19. The van der Waals surface area contributed by atoms with Crippen LogP contribution in [0.15, 0.2) is 39.4 Å². The fraction of sp³-hybridized carbons (Fsp3) is 0.333. The fourth-order valence-electron chi connectivity index (χ4n) is 2.39. The second kappa shape index (κ2) is 4.39. The van der Waals surface area contributed by atoms with E-state index in [-0.39, 0.29) is 11.5 Å². The first-order valence-corrected chi connectivity index (χ1v) is 7.05. The second-order valence-electron chi connectivity index (χ2n) is 5.55. The highest BCUT2D eigenvalue weighted by Gasteiger charge is 2.32. The van der Waals surface area contributed by atoms with E-state index in [9.17, 15) is 0 Å². The summed E-state index contributed by atoms with van der Waals surface area (Å²) in [6.45, 7) is 5.07. The highest BCUT2D eigenvalue weighted by Crippen LogP contribution is 2.40. The van der Waals surface area contributed by atoms with E-state index in [0.717, 1.165) is 17.1 Å². The van der Waals surface area contributed by atoms with Crippen LogP contribution >= 0.6 is 15.9 Å². The molecule has 2 aromatic rings. The third kappa shape index (κ3) is 2.19. The van der Waals surface area contributed by atoms with Crippen molar-refractivity contribution in [3.8, 4) is 5.75 Å². The maximum atomic E-state index is 6.26. The zero-order valence-corrected chi connectivity index (χ0v) is 12.5. The highest BCUT2D eigenvalue weighted by atomic mass is 79.9. The lowest BCUT2D eigenvalue weighted by atomic mass is 9.85. The van der Waals surface area contributed by atoms with E-state index in [1.54, 1.807) is 0 Å². The molecule has 100 valence electrons. The molecule has 1 aromatic heterocycles. The Hall–Kier alpha value is -1.26. The van der Waals surface area contributed by atoms with Gasteiger partial charge in [0.05, 0.1) is 12.6 Å². The number of hydrogen-bond donors (Lipinski definition) is 1. The molecule has 0 saturated carbocycles. The predicted molar refractivity (Wildman–Crippen MR) is 77.4 cm³/mol. The van der Waals surface area contributed by atoms with Crippen molar-refractivity contribution in [2.45, 2.75) is 25.3 Å². The van der Waals surface area contributed by atoms with Gasteiger partial charge >= 0.3 is 0 Å². The Labute approximate surface area is 120 Å². The summed E-state index contributed by atoms with van der Waals surface area (Å²) in [5, 5.41) is 0. The van der Waals surface area contributed by atoms with Gasteiger partial charge in [0.25, 0.3) is 0 Å². The number of rotatable bonds is 2.